The maximum Gasteiger partial charge on any atom is 0.343 e. The smallest absolute Gasteiger partial charge is 0.343 e. The van der Waals surface area contributed by atoms with Crippen molar-refractivity contribution in [2.45, 2.75) is 13.8 Å². The number of aromatic nitrogens is 1. The van der Waals surface area contributed by atoms with Gasteiger partial charge in [0.05, 0.1) is 12.0 Å². The van der Waals surface area contributed by atoms with Gasteiger partial charge in [0.2, 0.25) is 17.2 Å². The van der Waals surface area contributed by atoms with Crippen LogP contribution in [0.3, 0.4) is 0 Å². The number of fused-ring (bicyclic) bond motifs is 1. The predicted octanol–water partition coefficient (Wildman–Crippen LogP) is 1.28. The zero-order valence-electron chi connectivity index (χ0n) is 13.1. The average Bonchev–Trinajstić information content (AvgIpc) is 2.53. The number of ether oxygens (including phenoxy) is 1. The van der Waals surface area contributed by atoms with Gasteiger partial charge in [-0.05, 0) is 13.0 Å². The van der Waals surface area contributed by atoms with E-state index in [2.05, 4.69) is 0 Å². The minimum Gasteiger partial charge on any atom is -0.503 e. The number of pyridine rings is 1. The molecule has 0 spiro atoms. The molecule has 1 N–H and O–H groups in total. The number of nitrogens with zero attached hydrogens (tertiary/aromatic N) is 2. The SMILES string of the molecule is CCOC(=O)c1cn(N(C)C(C)=O)c2c(O)c(F)c(F)cc2c1=O. The monoisotopic (exact) mass is 340 g/mol. The van der Waals surface area contributed by atoms with E-state index in [1.807, 2.05) is 0 Å². The second kappa shape index (κ2) is 6.26. The molecule has 7 nitrogen and oxygen atoms in total. The highest BCUT2D eigenvalue weighted by atomic mass is 19.2. The van der Waals surface area contributed by atoms with Crippen molar-refractivity contribution in [2.75, 3.05) is 18.7 Å². The molecule has 1 aromatic heterocycles. The maximum atomic E-state index is 13.7. The second-order valence-corrected chi connectivity index (χ2v) is 4.90. The Labute approximate surface area is 134 Å². The molecule has 0 saturated heterocycles. The largest absolute Gasteiger partial charge is 0.503 e. The summed E-state index contributed by atoms with van der Waals surface area (Å²) in [6.07, 6.45) is 0.932. The third-order valence-corrected chi connectivity index (χ3v) is 3.41. The standard InChI is InChI=1S/C15H14F2N2O5/c1-4-24-15(23)9-6-19(18(3)7(2)20)12-8(13(9)21)5-10(16)11(17)14(12)22/h5-6,22H,4H2,1-3H3. The van der Waals surface area contributed by atoms with Crippen molar-refractivity contribution in [3.8, 4) is 5.75 Å². The molecule has 0 aliphatic rings. The highest BCUT2D eigenvalue weighted by Gasteiger charge is 2.24. The molecule has 1 heterocycles. The fourth-order valence-electron chi connectivity index (χ4n) is 2.14. The number of benzene rings is 1. The first-order valence-electron chi connectivity index (χ1n) is 6.88. The minimum atomic E-state index is -1.57. The Kier molecular flexibility index (Phi) is 4.54. The molecule has 0 radical (unpaired) electrons. The molecule has 0 saturated carbocycles. The molecule has 0 fully saturated rings. The van der Waals surface area contributed by atoms with E-state index in [1.54, 1.807) is 0 Å². The van der Waals surface area contributed by atoms with Crippen molar-refractivity contribution in [1.29, 1.82) is 0 Å². The molecule has 2 aromatic rings. The van der Waals surface area contributed by atoms with Gasteiger partial charge in [-0.1, -0.05) is 0 Å². The lowest BCUT2D eigenvalue weighted by Crippen LogP contribution is -2.37. The summed E-state index contributed by atoms with van der Waals surface area (Å²) in [5, 5.41) is 10.3. The molecule has 1 aromatic carbocycles. The summed E-state index contributed by atoms with van der Waals surface area (Å²) < 4.78 is 32.9. The third kappa shape index (κ3) is 2.68. The Bertz CT molecular complexity index is 907. The Morgan fingerprint density at radius 2 is 2.00 bits per heavy atom. The zero-order chi connectivity index (χ0) is 18.2. The van der Waals surface area contributed by atoms with Crippen LogP contribution in [0.5, 0.6) is 5.75 Å². The third-order valence-electron chi connectivity index (χ3n) is 3.41. The van der Waals surface area contributed by atoms with Gasteiger partial charge in [0.25, 0.3) is 0 Å². The van der Waals surface area contributed by atoms with Crippen molar-refractivity contribution >= 4 is 22.8 Å². The van der Waals surface area contributed by atoms with Gasteiger partial charge in [-0.25, -0.2) is 9.18 Å². The number of aromatic hydroxyl groups is 1. The van der Waals surface area contributed by atoms with Gasteiger partial charge in [-0.15, -0.1) is 0 Å². The Morgan fingerprint density at radius 3 is 2.54 bits per heavy atom. The fourth-order valence-corrected chi connectivity index (χ4v) is 2.14. The molecule has 0 unspecified atom stereocenters. The van der Waals surface area contributed by atoms with Crippen LogP contribution in [0.1, 0.15) is 24.2 Å². The van der Waals surface area contributed by atoms with Crippen LogP contribution in [0.2, 0.25) is 0 Å². The molecular weight excluding hydrogens is 326 g/mol. The first-order valence-corrected chi connectivity index (χ1v) is 6.88. The molecule has 128 valence electrons. The molecule has 2 rings (SSSR count). The summed E-state index contributed by atoms with van der Waals surface area (Å²) in [6, 6.07) is 0.555. The molecule has 0 aliphatic carbocycles. The Morgan fingerprint density at radius 1 is 1.38 bits per heavy atom. The number of hydrogen-bond acceptors (Lipinski definition) is 5. The van der Waals surface area contributed by atoms with Crippen LogP contribution < -0.4 is 10.4 Å². The number of halogens is 2. The molecule has 24 heavy (non-hydrogen) atoms. The fraction of sp³-hybridized carbons (Fsp3) is 0.267. The van der Waals surface area contributed by atoms with Crippen LogP contribution in [-0.4, -0.2) is 35.3 Å². The maximum absolute atomic E-state index is 13.7. The highest BCUT2D eigenvalue weighted by Crippen LogP contribution is 2.28. The number of rotatable bonds is 3. The molecule has 0 bridgehead atoms. The number of esters is 1. The van der Waals surface area contributed by atoms with E-state index in [0.29, 0.717) is 6.07 Å². The quantitative estimate of drug-likeness (QED) is 0.850. The van der Waals surface area contributed by atoms with E-state index in [1.165, 1.54) is 20.9 Å². The summed E-state index contributed by atoms with van der Waals surface area (Å²) in [4.78, 5) is 35.9. The molecule has 0 atom stereocenters. The van der Waals surface area contributed by atoms with Crippen molar-refractivity contribution in [2.24, 2.45) is 0 Å². The topological polar surface area (TPSA) is 88.8 Å². The van der Waals surface area contributed by atoms with E-state index >= 15 is 0 Å². The van der Waals surface area contributed by atoms with Gasteiger partial charge in [0.15, 0.2) is 11.6 Å². The number of phenolic OH excluding ortho intramolecular Hbond substituents is 1. The lowest BCUT2D eigenvalue weighted by molar-refractivity contribution is -0.117. The molecular formula is C15H14F2N2O5. The average molecular weight is 340 g/mol. The van der Waals surface area contributed by atoms with Crippen LogP contribution in [-0.2, 0) is 9.53 Å². The van der Waals surface area contributed by atoms with Crippen LogP contribution in [0.4, 0.5) is 8.78 Å². The summed E-state index contributed by atoms with van der Waals surface area (Å²) >= 11 is 0. The summed E-state index contributed by atoms with van der Waals surface area (Å²) in [7, 11) is 1.27. The number of phenols is 1. The van der Waals surface area contributed by atoms with E-state index in [4.69, 9.17) is 4.74 Å². The van der Waals surface area contributed by atoms with Crippen LogP contribution in [0.25, 0.3) is 10.9 Å². The highest BCUT2D eigenvalue weighted by molar-refractivity contribution is 5.96. The molecule has 9 heteroatoms. The van der Waals surface area contributed by atoms with E-state index < -0.39 is 51.2 Å². The predicted molar refractivity (Wildman–Crippen MR) is 80.6 cm³/mol. The van der Waals surface area contributed by atoms with Crippen molar-refractivity contribution in [1.82, 2.24) is 4.68 Å². The second-order valence-electron chi connectivity index (χ2n) is 4.90. The zero-order valence-corrected chi connectivity index (χ0v) is 13.1. The summed E-state index contributed by atoms with van der Waals surface area (Å²) in [5.41, 5.74) is -1.88. The number of carbonyl (C=O) groups is 2. The molecule has 1 amide bonds. The Balaban J connectivity index is 2.98. The first kappa shape index (κ1) is 17.4. The van der Waals surface area contributed by atoms with Gasteiger partial charge in [0, 0.05) is 20.2 Å². The van der Waals surface area contributed by atoms with Gasteiger partial charge in [-0.2, -0.15) is 4.39 Å². The number of hydrogen-bond donors (Lipinski definition) is 1. The van der Waals surface area contributed by atoms with Gasteiger partial charge in [0.1, 0.15) is 11.1 Å². The normalized spacial score (nSPS) is 10.7. The Hall–Kier alpha value is -2.97. The number of carbonyl (C=O) groups excluding carboxylic acids is 2. The number of amides is 1. The lowest BCUT2D eigenvalue weighted by atomic mass is 10.1. The van der Waals surface area contributed by atoms with E-state index in [9.17, 15) is 28.3 Å². The summed E-state index contributed by atoms with van der Waals surface area (Å²) in [6.45, 7) is 2.69. The van der Waals surface area contributed by atoms with Crippen molar-refractivity contribution < 1.29 is 28.2 Å². The van der Waals surface area contributed by atoms with Gasteiger partial charge >= 0.3 is 5.97 Å². The van der Waals surface area contributed by atoms with Crippen LogP contribution in [0, 0.1) is 11.6 Å². The van der Waals surface area contributed by atoms with E-state index in [-0.39, 0.29) is 6.61 Å². The van der Waals surface area contributed by atoms with Gasteiger partial charge < -0.3 is 9.84 Å². The van der Waals surface area contributed by atoms with Gasteiger partial charge in [-0.3, -0.25) is 19.3 Å². The van der Waals surface area contributed by atoms with Crippen LogP contribution >= 0.6 is 0 Å². The first-order chi connectivity index (χ1) is 11.2. The minimum absolute atomic E-state index is 0.0120. The molecule has 0 aliphatic heterocycles. The van der Waals surface area contributed by atoms with Crippen LogP contribution in [0.15, 0.2) is 17.1 Å². The van der Waals surface area contributed by atoms with E-state index in [0.717, 1.165) is 15.9 Å². The summed E-state index contributed by atoms with van der Waals surface area (Å²) in [5.74, 6) is -5.71. The van der Waals surface area contributed by atoms with Crippen molar-refractivity contribution in [3.05, 3.63) is 39.7 Å². The van der Waals surface area contributed by atoms with Crippen molar-refractivity contribution in [3.63, 3.8) is 0 Å². The lowest BCUT2D eigenvalue weighted by Gasteiger charge is -2.22.